The monoisotopic (exact) mass is 347 g/mol. The number of hydrogen-bond acceptors (Lipinski definition) is 3. The molecule has 0 radical (unpaired) electrons. The smallest absolute Gasteiger partial charge is 0.417 e. The van der Waals surface area contributed by atoms with Crippen molar-refractivity contribution in [1.82, 2.24) is 9.88 Å². The first kappa shape index (κ1) is 17.8. The molecule has 1 aliphatic heterocycles. The number of urea groups is 1. The van der Waals surface area contributed by atoms with E-state index in [1.165, 1.54) is 4.90 Å². The van der Waals surface area contributed by atoms with Gasteiger partial charge in [0.2, 0.25) is 0 Å². The molecule has 0 saturated carbocycles. The van der Waals surface area contributed by atoms with E-state index >= 15 is 0 Å². The molecule has 2 rings (SSSR count). The van der Waals surface area contributed by atoms with Gasteiger partial charge in [-0.25, -0.2) is 4.79 Å². The number of alkyl halides is 3. The average molecular weight is 347 g/mol. The van der Waals surface area contributed by atoms with Crippen molar-refractivity contribution in [2.24, 2.45) is 11.8 Å². The molecule has 7 nitrogen and oxygen atoms in total. The Morgan fingerprint density at radius 1 is 1.38 bits per heavy atom. The topological polar surface area (TPSA) is 102 Å². The third-order valence-electron chi connectivity index (χ3n) is 3.77. The molecule has 0 spiro atoms. The van der Waals surface area contributed by atoms with E-state index in [9.17, 15) is 27.6 Å². The number of H-pyrrole nitrogens is 1. The first-order valence-corrected chi connectivity index (χ1v) is 7.16. The Morgan fingerprint density at radius 2 is 2.04 bits per heavy atom. The molecule has 1 fully saturated rings. The van der Waals surface area contributed by atoms with Crippen molar-refractivity contribution in [3.05, 3.63) is 28.2 Å². The van der Waals surface area contributed by atoms with E-state index in [4.69, 9.17) is 5.11 Å². The third kappa shape index (κ3) is 4.06. The highest BCUT2D eigenvalue weighted by Gasteiger charge is 2.33. The van der Waals surface area contributed by atoms with Crippen molar-refractivity contribution in [2.75, 3.05) is 18.4 Å². The molecule has 24 heavy (non-hydrogen) atoms. The zero-order chi connectivity index (χ0) is 18.1. The van der Waals surface area contributed by atoms with Crippen LogP contribution in [0, 0.1) is 11.8 Å². The molecule has 0 aliphatic carbocycles. The Balaban J connectivity index is 2.17. The lowest BCUT2D eigenvalue weighted by Crippen LogP contribution is -2.47. The van der Waals surface area contributed by atoms with Crippen LogP contribution in [0.15, 0.2) is 17.1 Å². The van der Waals surface area contributed by atoms with Crippen LogP contribution >= 0.6 is 0 Å². The Labute approximate surface area is 134 Å². The first-order chi connectivity index (χ1) is 11.1. The zero-order valence-corrected chi connectivity index (χ0v) is 12.7. The molecule has 3 N–H and O–H groups in total. The van der Waals surface area contributed by atoms with Crippen molar-refractivity contribution in [2.45, 2.75) is 19.5 Å². The Kier molecular flexibility index (Phi) is 4.86. The molecule has 2 heterocycles. The van der Waals surface area contributed by atoms with Gasteiger partial charge in [0.15, 0.2) is 0 Å². The lowest BCUT2D eigenvalue weighted by molar-refractivity contribution is -0.143. The number of aromatic nitrogens is 1. The standard InChI is InChI=1S/C14H16F3N3O4/c1-7-2-8(12(22)23)6-20(5-7)13(24)19-10-3-9(14(15,16)17)4-18-11(10)21/h3-4,7-8H,2,5-6H2,1H3,(H,18,21)(H,19,24)(H,22,23). The summed E-state index contributed by atoms with van der Waals surface area (Å²) in [5.41, 5.74) is -2.52. The number of aliphatic carboxylic acids is 1. The van der Waals surface area contributed by atoms with Crippen LogP contribution in [0.5, 0.6) is 0 Å². The zero-order valence-electron chi connectivity index (χ0n) is 12.7. The van der Waals surface area contributed by atoms with E-state index in [1.807, 2.05) is 4.98 Å². The summed E-state index contributed by atoms with van der Waals surface area (Å²) in [7, 11) is 0. The van der Waals surface area contributed by atoms with Gasteiger partial charge in [-0.1, -0.05) is 6.92 Å². The molecule has 0 aromatic carbocycles. The van der Waals surface area contributed by atoms with Crippen LogP contribution in [0.1, 0.15) is 18.9 Å². The Morgan fingerprint density at radius 3 is 2.62 bits per heavy atom. The maximum atomic E-state index is 12.7. The van der Waals surface area contributed by atoms with Crippen LogP contribution in [0.2, 0.25) is 0 Å². The fraction of sp³-hybridized carbons (Fsp3) is 0.500. The van der Waals surface area contributed by atoms with Gasteiger partial charge >= 0.3 is 18.2 Å². The van der Waals surface area contributed by atoms with Gasteiger partial charge in [0.25, 0.3) is 5.56 Å². The van der Waals surface area contributed by atoms with Gasteiger partial charge < -0.3 is 20.3 Å². The van der Waals surface area contributed by atoms with Crippen molar-refractivity contribution in [3.8, 4) is 0 Å². The van der Waals surface area contributed by atoms with Gasteiger partial charge in [-0.2, -0.15) is 13.2 Å². The summed E-state index contributed by atoms with van der Waals surface area (Å²) >= 11 is 0. The third-order valence-corrected chi connectivity index (χ3v) is 3.77. The number of nitrogens with zero attached hydrogens (tertiary/aromatic N) is 1. The number of piperidine rings is 1. The van der Waals surface area contributed by atoms with E-state index in [0.717, 1.165) is 0 Å². The average Bonchev–Trinajstić information content (AvgIpc) is 2.47. The van der Waals surface area contributed by atoms with Gasteiger partial charge in [-0.3, -0.25) is 9.59 Å². The number of pyridine rings is 1. The number of rotatable bonds is 2. The molecule has 0 bridgehead atoms. The molecular weight excluding hydrogens is 331 g/mol. The summed E-state index contributed by atoms with van der Waals surface area (Å²) in [5.74, 6) is -1.87. The largest absolute Gasteiger partial charge is 0.481 e. The number of hydrogen-bond donors (Lipinski definition) is 3. The predicted octanol–water partition coefficient (Wildman–Crippen LogP) is 1.97. The van der Waals surface area contributed by atoms with E-state index in [1.54, 1.807) is 6.92 Å². The number of anilines is 1. The SMILES string of the molecule is CC1CC(C(=O)O)CN(C(=O)Nc2cc(C(F)(F)F)c[nH]c2=O)C1. The quantitative estimate of drug-likeness (QED) is 0.761. The van der Waals surface area contributed by atoms with Crippen molar-refractivity contribution >= 4 is 17.7 Å². The number of carbonyl (C=O) groups excluding carboxylic acids is 1. The van der Waals surface area contributed by atoms with Gasteiger partial charge in [-0.15, -0.1) is 0 Å². The first-order valence-electron chi connectivity index (χ1n) is 7.16. The fourth-order valence-electron chi connectivity index (χ4n) is 2.63. The number of amides is 2. The van der Waals surface area contributed by atoms with Gasteiger partial charge in [0.05, 0.1) is 11.5 Å². The summed E-state index contributed by atoms with van der Waals surface area (Å²) < 4.78 is 38.0. The Bertz CT molecular complexity index is 701. The number of carbonyl (C=O) groups is 2. The number of likely N-dealkylation sites (tertiary alicyclic amines) is 1. The second-order valence-electron chi connectivity index (χ2n) is 5.84. The van der Waals surface area contributed by atoms with Gasteiger partial charge in [0.1, 0.15) is 5.69 Å². The highest BCUT2D eigenvalue weighted by atomic mass is 19.4. The normalized spacial score (nSPS) is 21.4. The molecule has 1 aromatic heterocycles. The van der Waals surface area contributed by atoms with Gasteiger partial charge in [-0.05, 0) is 18.4 Å². The minimum atomic E-state index is -4.67. The van der Waals surface area contributed by atoms with E-state index in [2.05, 4.69) is 5.32 Å². The molecule has 132 valence electrons. The number of aromatic amines is 1. The molecule has 2 unspecified atom stereocenters. The summed E-state index contributed by atoms with van der Waals surface area (Å²) in [6, 6.07) is -0.267. The van der Waals surface area contributed by atoms with Crippen LogP contribution in [-0.4, -0.2) is 40.1 Å². The van der Waals surface area contributed by atoms with Crippen molar-refractivity contribution in [1.29, 1.82) is 0 Å². The van der Waals surface area contributed by atoms with Crippen LogP contribution in [0.25, 0.3) is 0 Å². The highest BCUT2D eigenvalue weighted by molar-refractivity contribution is 5.89. The number of halogens is 3. The molecule has 2 amide bonds. The predicted molar refractivity (Wildman–Crippen MR) is 77.6 cm³/mol. The Hall–Kier alpha value is -2.52. The maximum Gasteiger partial charge on any atom is 0.417 e. The van der Waals surface area contributed by atoms with Crippen LogP contribution in [-0.2, 0) is 11.0 Å². The molecule has 1 aliphatic rings. The second-order valence-corrected chi connectivity index (χ2v) is 5.84. The summed E-state index contributed by atoms with van der Waals surface area (Å²) in [5, 5.41) is 11.2. The second kappa shape index (κ2) is 6.54. The number of nitrogens with one attached hydrogen (secondary N) is 2. The summed E-state index contributed by atoms with van der Waals surface area (Å²) in [4.78, 5) is 38.0. The lowest BCUT2D eigenvalue weighted by Gasteiger charge is -2.34. The number of carboxylic acids is 1. The summed E-state index contributed by atoms with van der Waals surface area (Å²) in [6.07, 6.45) is -3.75. The minimum Gasteiger partial charge on any atom is -0.481 e. The lowest BCUT2D eigenvalue weighted by atomic mass is 9.91. The maximum absolute atomic E-state index is 12.7. The fourth-order valence-corrected chi connectivity index (χ4v) is 2.63. The molecular formula is C14H16F3N3O4. The molecule has 10 heteroatoms. The van der Waals surface area contributed by atoms with Crippen molar-refractivity contribution < 1.29 is 27.9 Å². The van der Waals surface area contributed by atoms with Gasteiger partial charge in [0, 0.05) is 19.3 Å². The van der Waals surface area contributed by atoms with E-state index < -0.39 is 40.9 Å². The highest BCUT2D eigenvalue weighted by Crippen LogP contribution is 2.29. The molecule has 1 aromatic rings. The molecule has 1 saturated heterocycles. The van der Waals surface area contributed by atoms with Crippen LogP contribution in [0.4, 0.5) is 23.7 Å². The number of carboxylic acid groups (broad SMARTS) is 1. The van der Waals surface area contributed by atoms with E-state index in [-0.39, 0.29) is 19.0 Å². The van der Waals surface area contributed by atoms with E-state index in [0.29, 0.717) is 18.7 Å². The van der Waals surface area contributed by atoms with Crippen LogP contribution in [0.3, 0.4) is 0 Å². The van der Waals surface area contributed by atoms with Crippen molar-refractivity contribution in [3.63, 3.8) is 0 Å². The summed E-state index contributed by atoms with van der Waals surface area (Å²) in [6.45, 7) is 1.96. The minimum absolute atomic E-state index is 0.0671. The van der Waals surface area contributed by atoms with Crippen LogP contribution < -0.4 is 10.9 Å². The molecule has 2 atom stereocenters.